The Morgan fingerprint density at radius 2 is 1.80 bits per heavy atom. The van der Waals surface area contributed by atoms with Crippen LogP contribution < -0.4 is 5.32 Å². The van der Waals surface area contributed by atoms with Crippen molar-refractivity contribution in [3.63, 3.8) is 0 Å². The Bertz CT molecular complexity index is 450. The molecule has 0 aliphatic heterocycles. The monoisotopic (exact) mass is 279 g/mol. The third-order valence-electron chi connectivity index (χ3n) is 4.79. The van der Waals surface area contributed by atoms with Gasteiger partial charge in [0.25, 0.3) is 0 Å². The Hall–Kier alpha value is -0.960. The first-order chi connectivity index (χ1) is 9.72. The van der Waals surface area contributed by atoms with Gasteiger partial charge in [-0.15, -0.1) is 0 Å². The van der Waals surface area contributed by atoms with Gasteiger partial charge < -0.3 is 5.32 Å². The lowest BCUT2D eigenvalue weighted by atomic mass is 9.85. The van der Waals surface area contributed by atoms with E-state index in [4.69, 9.17) is 0 Å². The first kappa shape index (κ1) is 14.0. The molecule has 1 unspecified atom stereocenters. The molecule has 1 N–H and O–H groups in total. The Morgan fingerprint density at radius 1 is 1.05 bits per heavy atom. The van der Waals surface area contributed by atoms with Crippen molar-refractivity contribution in [2.75, 3.05) is 6.54 Å². The van der Waals surface area contributed by atoms with Crippen LogP contribution in [-0.2, 0) is 6.42 Å². The fourth-order valence-electron chi connectivity index (χ4n) is 3.41. The van der Waals surface area contributed by atoms with Gasteiger partial charge in [0.1, 0.15) is 0 Å². The molecule has 0 aromatic heterocycles. The molecule has 0 heterocycles. The minimum Gasteiger partial charge on any atom is -0.314 e. The number of hydrogen-bond donors (Lipinski definition) is 1. The van der Waals surface area contributed by atoms with Crippen LogP contribution in [0.25, 0.3) is 0 Å². The Labute approximate surface area is 119 Å². The normalized spacial score (nSPS) is 21.3. The maximum atomic E-state index is 13.3. The van der Waals surface area contributed by atoms with E-state index in [1.807, 2.05) is 0 Å². The molecule has 0 bridgehead atoms. The first-order valence-corrected chi connectivity index (χ1v) is 7.89. The highest BCUT2D eigenvalue weighted by molar-refractivity contribution is 5.18. The van der Waals surface area contributed by atoms with E-state index in [0.717, 1.165) is 24.4 Å². The quantitative estimate of drug-likeness (QED) is 0.828. The number of hydrogen-bond acceptors (Lipinski definition) is 1. The fraction of sp³-hybridized carbons (Fsp3) is 0.647. The minimum absolute atomic E-state index is 0.558. The molecule has 3 rings (SSSR count). The summed E-state index contributed by atoms with van der Waals surface area (Å²) in [6.07, 6.45) is 8.68. The van der Waals surface area contributed by atoms with Gasteiger partial charge in [0.2, 0.25) is 0 Å². The summed E-state index contributed by atoms with van der Waals surface area (Å²) in [5.74, 6) is -0.164. The second-order valence-corrected chi connectivity index (χ2v) is 6.44. The van der Waals surface area contributed by atoms with Crippen molar-refractivity contribution in [1.82, 2.24) is 5.32 Å². The summed E-state index contributed by atoms with van der Waals surface area (Å²) in [7, 11) is 0. The highest BCUT2D eigenvalue weighted by Crippen LogP contribution is 2.33. The van der Waals surface area contributed by atoms with Crippen LogP contribution in [0.15, 0.2) is 18.2 Å². The maximum absolute atomic E-state index is 13.3. The molecule has 1 nitrogen and oxygen atoms in total. The van der Waals surface area contributed by atoms with Crippen molar-refractivity contribution in [3.8, 4) is 0 Å². The van der Waals surface area contributed by atoms with Gasteiger partial charge in [-0.1, -0.05) is 31.7 Å². The molecule has 0 spiro atoms. The molecule has 2 saturated carbocycles. The predicted molar refractivity (Wildman–Crippen MR) is 76.5 cm³/mol. The van der Waals surface area contributed by atoms with Gasteiger partial charge >= 0.3 is 0 Å². The summed E-state index contributed by atoms with van der Waals surface area (Å²) in [5.41, 5.74) is 0.929. The summed E-state index contributed by atoms with van der Waals surface area (Å²) >= 11 is 0. The first-order valence-electron chi connectivity index (χ1n) is 7.89. The van der Waals surface area contributed by atoms with Crippen LogP contribution in [0.1, 0.15) is 44.1 Å². The van der Waals surface area contributed by atoms with E-state index in [0.29, 0.717) is 12.0 Å². The molecule has 20 heavy (non-hydrogen) atoms. The Morgan fingerprint density at radius 3 is 2.45 bits per heavy atom. The lowest BCUT2D eigenvalue weighted by Gasteiger charge is -2.24. The number of nitrogens with one attached hydrogen (secondary N) is 1. The van der Waals surface area contributed by atoms with Crippen molar-refractivity contribution in [2.24, 2.45) is 11.8 Å². The number of halogens is 2. The number of rotatable bonds is 6. The van der Waals surface area contributed by atoms with E-state index in [1.165, 1.54) is 50.7 Å². The predicted octanol–water partition coefficient (Wildman–Crippen LogP) is 4.07. The molecule has 2 aliphatic carbocycles. The van der Waals surface area contributed by atoms with Crippen molar-refractivity contribution < 1.29 is 8.78 Å². The van der Waals surface area contributed by atoms with Gasteiger partial charge in [0.15, 0.2) is 11.6 Å². The zero-order chi connectivity index (χ0) is 13.9. The molecule has 1 atom stereocenters. The third-order valence-corrected chi connectivity index (χ3v) is 4.79. The van der Waals surface area contributed by atoms with E-state index < -0.39 is 11.6 Å². The molecule has 2 aliphatic rings. The van der Waals surface area contributed by atoms with Crippen molar-refractivity contribution in [2.45, 2.75) is 51.0 Å². The largest absolute Gasteiger partial charge is 0.314 e. The third kappa shape index (κ3) is 3.57. The van der Waals surface area contributed by atoms with Gasteiger partial charge in [-0.05, 0) is 55.3 Å². The molecular weight excluding hydrogens is 256 g/mol. The molecule has 0 radical (unpaired) electrons. The topological polar surface area (TPSA) is 12.0 Å². The van der Waals surface area contributed by atoms with E-state index in [9.17, 15) is 8.78 Å². The van der Waals surface area contributed by atoms with Crippen molar-refractivity contribution >= 4 is 0 Å². The summed E-state index contributed by atoms with van der Waals surface area (Å²) < 4.78 is 26.4. The van der Waals surface area contributed by atoms with Crippen LogP contribution in [0.4, 0.5) is 8.78 Å². The van der Waals surface area contributed by atoms with Gasteiger partial charge in [0, 0.05) is 6.04 Å². The van der Waals surface area contributed by atoms with Crippen molar-refractivity contribution in [3.05, 3.63) is 35.4 Å². The SMILES string of the molecule is Fc1ccc(CC(CNC2CC2)C2CCCC2)cc1F. The summed E-state index contributed by atoms with van der Waals surface area (Å²) in [5, 5.41) is 3.61. The standard InChI is InChI=1S/C17H23F2N/c18-16-8-5-12(10-17(16)19)9-14(11-20-15-6-7-15)13-3-1-2-4-13/h5,8,10,13-15,20H,1-4,6-7,9,11H2. The second kappa shape index (κ2) is 6.21. The highest BCUT2D eigenvalue weighted by atomic mass is 19.2. The van der Waals surface area contributed by atoms with Crippen LogP contribution in [0, 0.1) is 23.5 Å². The van der Waals surface area contributed by atoms with Crippen LogP contribution in [0.2, 0.25) is 0 Å². The van der Waals surface area contributed by atoms with E-state index in [1.54, 1.807) is 6.07 Å². The highest BCUT2D eigenvalue weighted by Gasteiger charge is 2.28. The Balaban J connectivity index is 1.65. The Kier molecular flexibility index (Phi) is 4.35. The van der Waals surface area contributed by atoms with Crippen molar-refractivity contribution in [1.29, 1.82) is 0 Å². The minimum atomic E-state index is -0.748. The van der Waals surface area contributed by atoms with Gasteiger partial charge in [-0.25, -0.2) is 8.78 Å². The molecule has 0 amide bonds. The van der Waals surface area contributed by atoms with Crippen LogP contribution >= 0.6 is 0 Å². The summed E-state index contributed by atoms with van der Waals surface area (Å²) in [4.78, 5) is 0. The number of benzene rings is 1. The lowest BCUT2D eigenvalue weighted by molar-refractivity contribution is 0.319. The van der Waals surface area contributed by atoms with Gasteiger partial charge in [-0.2, -0.15) is 0 Å². The van der Waals surface area contributed by atoms with E-state index in [2.05, 4.69) is 5.32 Å². The molecule has 2 fully saturated rings. The smallest absolute Gasteiger partial charge is 0.159 e. The van der Waals surface area contributed by atoms with Gasteiger partial charge in [-0.3, -0.25) is 0 Å². The average Bonchev–Trinajstić information content (AvgIpc) is 3.10. The van der Waals surface area contributed by atoms with E-state index in [-0.39, 0.29) is 0 Å². The van der Waals surface area contributed by atoms with Crippen LogP contribution in [0.5, 0.6) is 0 Å². The summed E-state index contributed by atoms with van der Waals surface area (Å²) in [6, 6.07) is 5.07. The zero-order valence-electron chi connectivity index (χ0n) is 11.9. The van der Waals surface area contributed by atoms with Crippen LogP contribution in [0.3, 0.4) is 0 Å². The lowest BCUT2D eigenvalue weighted by Crippen LogP contribution is -2.30. The zero-order valence-corrected chi connectivity index (χ0v) is 11.9. The fourth-order valence-corrected chi connectivity index (χ4v) is 3.41. The van der Waals surface area contributed by atoms with Gasteiger partial charge in [0.05, 0.1) is 0 Å². The van der Waals surface area contributed by atoms with E-state index >= 15 is 0 Å². The molecule has 1 aromatic carbocycles. The van der Waals surface area contributed by atoms with Crippen LogP contribution in [-0.4, -0.2) is 12.6 Å². The molecular formula is C17H23F2N. The summed E-state index contributed by atoms with van der Waals surface area (Å²) in [6.45, 7) is 1.02. The second-order valence-electron chi connectivity index (χ2n) is 6.44. The molecule has 110 valence electrons. The maximum Gasteiger partial charge on any atom is 0.159 e. The molecule has 0 saturated heterocycles. The molecule has 3 heteroatoms. The average molecular weight is 279 g/mol. The molecule has 1 aromatic rings.